The van der Waals surface area contributed by atoms with E-state index >= 15 is 0 Å². The van der Waals surface area contributed by atoms with E-state index in [1.165, 1.54) is 35.5 Å². The van der Waals surface area contributed by atoms with Gasteiger partial charge >= 0.3 is 0 Å². The number of methoxy groups -OCH3 is 5. The van der Waals surface area contributed by atoms with Crippen molar-refractivity contribution in [3.8, 4) is 28.7 Å². The minimum Gasteiger partial charge on any atom is -0.493 e. The number of hydrogen-bond acceptors (Lipinski definition) is 8. The number of hydrogen-bond donors (Lipinski definition) is 0. The van der Waals surface area contributed by atoms with Gasteiger partial charge in [-0.3, -0.25) is 4.79 Å². The first-order chi connectivity index (χ1) is 15.0. The molecule has 0 heterocycles. The maximum absolute atomic E-state index is 13.6. The average Bonchev–Trinajstić information content (AvgIpc) is 2.79. The van der Waals surface area contributed by atoms with Gasteiger partial charge in [0.2, 0.25) is 5.75 Å². The fourth-order valence-corrected chi connectivity index (χ4v) is 3.22. The molecule has 0 spiro atoms. The Hall–Kier alpha value is -2.97. The van der Waals surface area contributed by atoms with E-state index in [1.54, 1.807) is 24.3 Å². The summed E-state index contributed by atoms with van der Waals surface area (Å²) >= 11 is 0. The Balaban J connectivity index is 2.72. The number of ether oxygens (including phenoxy) is 7. The van der Waals surface area contributed by atoms with Crippen LogP contribution in [0.15, 0.2) is 24.3 Å². The van der Waals surface area contributed by atoms with Gasteiger partial charge in [-0.1, -0.05) is 0 Å². The van der Waals surface area contributed by atoms with E-state index in [0.29, 0.717) is 58.7 Å². The second-order valence-corrected chi connectivity index (χ2v) is 6.30. The first kappa shape index (κ1) is 24.3. The molecule has 31 heavy (non-hydrogen) atoms. The van der Waals surface area contributed by atoms with Crippen molar-refractivity contribution in [3.63, 3.8) is 0 Å². The van der Waals surface area contributed by atoms with Crippen molar-refractivity contribution in [1.29, 1.82) is 0 Å². The van der Waals surface area contributed by atoms with E-state index in [2.05, 4.69) is 0 Å². The molecule has 8 heteroatoms. The Morgan fingerprint density at radius 1 is 0.742 bits per heavy atom. The lowest BCUT2D eigenvalue weighted by atomic mass is 9.96. The largest absolute Gasteiger partial charge is 0.493 e. The van der Waals surface area contributed by atoms with Gasteiger partial charge in [0.15, 0.2) is 35.1 Å². The van der Waals surface area contributed by atoms with Crippen LogP contribution in [-0.2, 0) is 9.47 Å². The van der Waals surface area contributed by atoms with Crippen molar-refractivity contribution in [2.75, 3.05) is 48.8 Å². The number of ketones is 1. The molecular weight excluding hydrogens is 404 g/mol. The highest BCUT2D eigenvalue weighted by Gasteiger charge is 2.26. The standard InChI is InChI=1S/C23H30O8/c1-8-30-17-12-15(16(23(28-6)29-7)13-18(17)31-9-2)21(24)14-10-19(25-3)22(27-5)20(11-14)26-4/h10-13,23H,8-9H2,1-7H3. The molecule has 0 aliphatic rings. The summed E-state index contributed by atoms with van der Waals surface area (Å²) < 4.78 is 38.4. The minimum atomic E-state index is -0.782. The predicted molar refractivity (Wildman–Crippen MR) is 115 cm³/mol. The van der Waals surface area contributed by atoms with Gasteiger partial charge in [-0.25, -0.2) is 0 Å². The zero-order chi connectivity index (χ0) is 23.0. The number of rotatable bonds is 12. The van der Waals surface area contributed by atoms with Gasteiger partial charge < -0.3 is 33.2 Å². The molecule has 0 aliphatic carbocycles. The van der Waals surface area contributed by atoms with Crippen LogP contribution in [0.25, 0.3) is 0 Å². The third kappa shape index (κ3) is 5.21. The third-order valence-electron chi connectivity index (χ3n) is 4.57. The van der Waals surface area contributed by atoms with E-state index in [9.17, 15) is 4.79 Å². The van der Waals surface area contributed by atoms with Crippen LogP contribution >= 0.6 is 0 Å². The normalized spacial score (nSPS) is 10.7. The van der Waals surface area contributed by atoms with Crippen LogP contribution in [0.2, 0.25) is 0 Å². The summed E-state index contributed by atoms with van der Waals surface area (Å²) in [6, 6.07) is 6.54. The van der Waals surface area contributed by atoms with E-state index in [4.69, 9.17) is 33.2 Å². The molecule has 0 radical (unpaired) electrons. The zero-order valence-corrected chi connectivity index (χ0v) is 19.1. The van der Waals surface area contributed by atoms with Crippen LogP contribution in [0.4, 0.5) is 0 Å². The van der Waals surface area contributed by atoms with Gasteiger partial charge in [0, 0.05) is 30.9 Å². The van der Waals surface area contributed by atoms with Gasteiger partial charge in [-0.2, -0.15) is 0 Å². The summed E-state index contributed by atoms with van der Waals surface area (Å²) in [6.07, 6.45) is -0.782. The molecule has 0 unspecified atom stereocenters. The lowest BCUT2D eigenvalue weighted by Gasteiger charge is -2.21. The second-order valence-electron chi connectivity index (χ2n) is 6.30. The summed E-state index contributed by atoms with van der Waals surface area (Å²) in [7, 11) is 7.49. The first-order valence-electron chi connectivity index (χ1n) is 9.83. The fourth-order valence-electron chi connectivity index (χ4n) is 3.22. The molecule has 0 bridgehead atoms. The van der Waals surface area contributed by atoms with Gasteiger partial charge in [-0.05, 0) is 38.1 Å². The van der Waals surface area contributed by atoms with Crippen molar-refractivity contribution in [1.82, 2.24) is 0 Å². The molecule has 2 aromatic rings. The first-order valence-corrected chi connectivity index (χ1v) is 9.83. The highest BCUT2D eigenvalue weighted by atomic mass is 16.7. The quantitative estimate of drug-likeness (QED) is 0.366. The van der Waals surface area contributed by atoms with Crippen LogP contribution in [0.1, 0.15) is 41.6 Å². The Kier molecular flexibility index (Phi) is 8.96. The monoisotopic (exact) mass is 434 g/mol. The molecule has 0 saturated heterocycles. The van der Waals surface area contributed by atoms with E-state index in [1.807, 2.05) is 13.8 Å². The summed E-state index contributed by atoms with van der Waals surface area (Å²) in [5.74, 6) is 1.80. The Morgan fingerprint density at radius 3 is 1.68 bits per heavy atom. The molecule has 0 N–H and O–H groups in total. The molecule has 170 valence electrons. The van der Waals surface area contributed by atoms with Crippen LogP contribution < -0.4 is 23.7 Å². The Labute approximate surface area is 182 Å². The van der Waals surface area contributed by atoms with Gasteiger partial charge in [-0.15, -0.1) is 0 Å². The molecule has 2 aromatic carbocycles. The molecule has 2 rings (SSSR count). The number of carbonyl (C=O) groups excluding carboxylic acids is 1. The lowest BCUT2D eigenvalue weighted by molar-refractivity contribution is -0.106. The zero-order valence-electron chi connectivity index (χ0n) is 19.1. The van der Waals surface area contributed by atoms with E-state index in [0.717, 1.165) is 0 Å². The van der Waals surface area contributed by atoms with Crippen molar-refractivity contribution in [2.24, 2.45) is 0 Å². The van der Waals surface area contributed by atoms with Crippen molar-refractivity contribution >= 4 is 5.78 Å². The fraction of sp³-hybridized carbons (Fsp3) is 0.435. The molecule has 0 aromatic heterocycles. The van der Waals surface area contributed by atoms with Crippen LogP contribution in [-0.4, -0.2) is 54.5 Å². The average molecular weight is 434 g/mol. The highest BCUT2D eigenvalue weighted by molar-refractivity contribution is 6.11. The lowest BCUT2D eigenvalue weighted by Crippen LogP contribution is -2.14. The predicted octanol–water partition coefficient (Wildman–Crippen LogP) is 4.03. The van der Waals surface area contributed by atoms with Crippen molar-refractivity contribution in [3.05, 3.63) is 41.0 Å². The maximum Gasteiger partial charge on any atom is 0.203 e. The second kappa shape index (κ2) is 11.4. The molecule has 0 amide bonds. The van der Waals surface area contributed by atoms with Crippen molar-refractivity contribution in [2.45, 2.75) is 20.1 Å². The highest BCUT2D eigenvalue weighted by Crippen LogP contribution is 2.40. The van der Waals surface area contributed by atoms with Crippen LogP contribution in [0, 0.1) is 0 Å². The Morgan fingerprint density at radius 2 is 1.26 bits per heavy atom. The summed E-state index contributed by atoms with van der Waals surface area (Å²) in [5, 5.41) is 0. The van der Waals surface area contributed by atoms with Crippen molar-refractivity contribution < 1.29 is 38.0 Å². The maximum atomic E-state index is 13.6. The minimum absolute atomic E-state index is 0.294. The Bertz CT molecular complexity index is 864. The van der Waals surface area contributed by atoms with E-state index < -0.39 is 6.29 Å². The van der Waals surface area contributed by atoms with Crippen LogP contribution in [0.3, 0.4) is 0 Å². The van der Waals surface area contributed by atoms with Crippen LogP contribution in [0.5, 0.6) is 28.7 Å². The molecule has 0 fully saturated rings. The molecular formula is C23H30O8. The topological polar surface area (TPSA) is 81.7 Å². The molecule has 0 saturated carbocycles. The SMILES string of the molecule is CCOc1cc(C(=O)c2cc(OC)c(OC)c(OC)c2)c(C(OC)OC)cc1OCC. The summed E-state index contributed by atoms with van der Waals surface area (Å²) in [6.45, 7) is 4.57. The summed E-state index contributed by atoms with van der Waals surface area (Å²) in [4.78, 5) is 13.6. The van der Waals surface area contributed by atoms with E-state index in [-0.39, 0.29) is 5.78 Å². The third-order valence-corrected chi connectivity index (χ3v) is 4.57. The number of benzene rings is 2. The smallest absolute Gasteiger partial charge is 0.203 e. The number of carbonyl (C=O) groups is 1. The molecule has 0 aliphatic heterocycles. The van der Waals surface area contributed by atoms with Gasteiger partial charge in [0.25, 0.3) is 0 Å². The molecule has 8 nitrogen and oxygen atoms in total. The van der Waals surface area contributed by atoms with Gasteiger partial charge in [0.05, 0.1) is 34.5 Å². The molecule has 0 atom stereocenters. The summed E-state index contributed by atoms with van der Waals surface area (Å²) in [5.41, 5.74) is 1.19. The van der Waals surface area contributed by atoms with Gasteiger partial charge in [0.1, 0.15) is 0 Å².